The van der Waals surface area contributed by atoms with E-state index in [0.29, 0.717) is 16.7 Å². The van der Waals surface area contributed by atoms with Gasteiger partial charge in [-0.1, -0.05) is 29.3 Å². The number of benzene rings is 2. The number of carbonyl (C=O) groups excluding carboxylic acids is 1. The molecule has 1 aliphatic heterocycles. The van der Waals surface area contributed by atoms with E-state index in [0.717, 1.165) is 0 Å². The monoisotopic (exact) mass is 573 g/mol. The zero-order chi connectivity index (χ0) is 28.8. The van der Waals surface area contributed by atoms with Crippen molar-refractivity contribution in [3.05, 3.63) is 68.7 Å². The highest BCUT2D eigenvalue weighted by atomic mass is 35.5. The van der Waals surface area contributed by atoms with Crippen LogP contribution in [-0.4, -0.2) is 46.5 Å². The van der Waals surface area contributed by atoms with Crippen LogP contribution in [0.25, 0.3) is 0 Å². The Kier molecular flexibility index (Phi) is 8.36. The highest BCUT2D eigenvalue weighted by molar-refractivity contribution is 6.34. The van der Waals surface area contributed by atoms with E-state index in [9.17, 15) is 9.90 Å². The lowest BCUT2D eigenvalue weighted by Gasteiger charge is -2.40. The van der Waals surface area contributed by atoms with Gasteiger partial charge in [0, 0.05) is 22.2 Å². The number of aliphatic hydroxyl groups excluding tert-OH is 1. The Morgan fingerprint density at radius 3 is 2.08 bits per heavy atom. The molecule has 38 heavy (non-hydrogen) atoms. The molecule has 3 atom stereocenters. The van der Waals surface area contributed by atoms with E-state index >= 15 is 13.2 Å². The second-order valence-corrected chi connectivity index (χ2v) is 12.3. The van der Waals surface area contributed by atoms with Gasteiger partial charge in [0.1, 0.15) is 17.1 Å². The molecule has 2 aromatic rings. The van der Waals surface area contributed by atoms with Gasteiger partial charge in [0.2, 0.25) is 0 Å². The third kappa shape index (κ3) is 6.53. The number of hydrogen-bond donors (Lipinski definition) is 1. The summed E-state index contributed by atoms with van der Waals surface area (Å²) in [6, 6.07) is 6.57. The van der Waals surface area contributed by atoms with Gasteiger partial charge in [0.05, 0.1) is 11.2 Å². The molecule has 0 saturated heterocycles. The second kappa shape index (κ2) is 10.5. The number of ether oxygens (including phenoxy) is 2. The van der Waals surface area contributed by atoms with Crippen molar-refractivity contribution >= 4 is 34.9 Å². The highest BCUT2D eigenvalue weighted by Crippen LogP contribution is 2.53. The van der Waals surface area contributed by atoms with Crippen molar-refractivity contribution in [2.75, 3.05) is 0 Å². The van der Waals surface area contributed by atoms with Crippen molar-refractivity contribution in [2.45, 2.75) is 90.0 Å². The van der Waals surface area contributed by atoms with Gasteiger partial charge in [-0.2, -0.15) is 13.2 Å². The molecule has 0 amide bonds. The van der Waals surface area contributed by atoms with Crippen molar-refractivity contribution in [3.8, 4) is 0 Å². The van der Waals surface area contributed by atoms with Crippen LogP contribution in [-0.2, 0) is 14.9 Å². The molecule has 2 aromatic carbocycles. The van der Waals surface area contributed by atoms with Gasteiger partial charge in [-0.15, -0.1) is 0 Å². The number of halogens is 5. The topological polar surface area (TPSA) is 68.1 Å². The van der Waals surface area contributed by atoms with Gasteiger partial charge in [0.15, 0.2) is 6.29 Å². The predicted molar refractivity (Wildman–Crippen MR) is 142 cm³/mol. The first-order chi connectivity index (χ1) is 17.2. The molecule has 0 aliphatic carbocycles. The van der Waals surface area contributed by atoms with Crippen LogP contribution in [0.5, 0.6) is 0 Å². The van der Waals surface area contributed by atoms with Gasteiger partial charge in [0.25, 0.3) is 0 Å². The molecule has 1 heterocycles. The maximum Gasteiger partial charge on any atom is 0.401 e. The number of alkyl halides is 3. The third-order valence-corrected chi connectivity index (χ3v) is 6.49. The summed E-state index contributed by atoms with van der Waals surface area (Å²) < 4.78 is 56.4. The van der Waals surface area contributed by atoms with Crippen LogP contribution in [0, 0.1) is 6.92 Å². The number of aliphatic imine (C=N–C) groups is 1. The SMILES string of the molecule is Cc1cc(C2=NC([C@H](O)OC(C)(C)C)C(c3cc(Cl)cc(Cl)c3)(C(F)(F)F)C2)ccc1C(=O)OC(C)(C)C. The minimum atomic E-state index is -4.87. The fourth-order valence-electron chi connectivity index (χ4n) is 4.52. The normalized spacial score (nSPS) is 21.3. The maximum atomic E-state index is 15.1. The van der Waals surface area contributed by atoms with Crippen LogP contribution in [0.4, 0.5) is 13.2 Å². The van der Waals surface area contributed by atoms with Crippen molar-refractivity contribution < 1.29 is 32.5 Å². The fraction of sp³-hybridized carbons (Fsp3) is 0.500. The molecule has 3 rings (SSSR count). The lowest BCUT2D eigenvalue weighted by Crippen LogP contribution is -2.54. The average Bonchev–Trinajstić information content (AvgIpc) is 3.13. The van der Waals surface area contributed by atoms with Crippen LogP contribution in [0.1, 0.15) is 75.0 Å². The van der Waals surface area contributed by atoms with E-state index in [1.54, 1.807) is 54.5 Å². The fourth-order valence-corrected chi connectivity index (χ4v) is 5.05. The predicted octanol–water partition coefficient (Wildman–Crippen LogP) is 7.45. The van der Waals surface area contributed by atoms with Gasteiger partial charge in [-0.05, 0) is 95.5 Å². The number of aryl methyl sites for hydroxylation is 1. The molecule has 1 N–H and O–H groups in total. The highest BCUT2D eigenvalue weighted by Gasteiger charge is 2.65. The summed E-state index contributed by atoms with van der Waals surface area (Å²) in [5.41, 5.74) is -3.30. The Labute approximate surface area is 231 Å². The number of hydrogen-bond acceptors (Lipinski definition) is 5. The molecule has 0 aromatic heterocycles. The van der Waals surface area contributed by atoms with Gasteiger partial charge >= 0.3 is 12.1 Å². The minimum Gasteiger partial charge on any atom is -0.456 e. The smallest absolute Gasteiger partial charge is 0.401 e. The standard InChI is InChI=1S/C28H32Cl2F3NO4/c1-15-10-16(8-9-20(15)23(35)37-25(2,3)4)21-14-27(28(31,32)33,17-11-18(29)13-19(30)12-17)22(34-21)24(36)38-26(5,6)7/h8-13,22,24,36H,14H2,1-7H3/t22?,24-,27?/m1/s1. The zero-order valence-electron chi connectivity index (χ0n) is 22.3. The van der Waals surface area contributed by atoms with Gasteiger partial charge in [-0.25, -0.2) is 4.79 Å². The summed E-state index contributed by atoms with van der Waals surface area (Å²) in [6.07, 6.45) is -7.37. The van der Waals surface area contributed by atoms with E-state index in [-0.39, 0.29) is 21.3 Å². The van der Waals surface area contributed by atoms with Crippen LogP contribution in [0.2, 0.25) is 10.0 Å². The molecule has 0 saturated carbocycles. The summed E-state index contributed by atoms with van der Waals surface area (Å²) in [7, 11) is 0. The molecular formula is C28H32Cl2F3NO4. The Bertz CT molecular complexity index is 1230. The first-order valence-corrected chi connectivity index (χ1v) is 12.8. The molecule has 2 unspecified atom stereocenters. The van der Waals surface area contributed by atoms with Gasteiger partial charge < -0.3 is 14.6 Å². The zero-order valence-corrected chi connectivity index (χ0v) is 23.8. The Morgan fingerprint density at radius 2 is 1.61 bits per heavy atom. The van der Waals surface area contributed by atoms with Crippen molar-refractivity contribution in [1.29, 1.82) is 0 Å². The molecule has 208 valence electrons. The lowest BCUT2D eigenvalue weighted by atomic mass is 9.71. The maximum absolute atomic E-state index is 15.1. The van der Waals surface area contributed by atoms with E-state index in [1.165, 1.54) is 30.3 Å². The van der Waals surface area contributed by atoms with Crippen LogP contribution < -0.4 is 0 Å². The van der Waals surface area contributed by atoms with E-state index in [4.69, 9.17) is 32.7 Å². The largest absolute Gasteiger partial charge is 0.456 e. The quantitative estimate of drug-likeness (QED) is 0.298. The minimum absolute atomic E-state index is 0.0205. The lowest BCUT2D eigenvalue weighted by molar-refractivity contribution is -0.236. The summed E-state index contributed by atoms with van der Waals surface area (Å²) in [4.78, 5) is 17.0. The number of nitrogens with zero attached hydrogens (tertiary/aromatic N) is 1. The van der Waals surface area contributed by atoms with Crippen molar-refractivity contribution in [2.24, 2.45) is 4.99 Å². The molecule has 0 fully saturated rings. The van der Waals surface area contributed by atoms with Crippen LogP contribution in [0.3, 0.4) is 0 Å². The number of rotatable bonds is 5. The first kappa shape index (κ1) is 30.4. The molecule has 10 heteroatoms. The third-order valence-electron chi connectivity index (χ3n) is 6.05. The van der Waals surface area contributed by atoms with Crippen molar-refractivity contribution in [1.82, 2.24) is 0 Å². The summed E-state index contributed by atoms with van der Waals surface area (Å²) in [5.74, 6) is -0.542. The van der Waals surface area contributed by atoms with Crippen LogP contribution >= 0.6 is 23.2 Å². The van der Waals surface area contributed by atoms with Crippen LogP contribution in [0.15, 0.2) is 41.4 Å². The number of esters is 1. The molecule has 5 nitrogen and oxygen atoms in total. The van der Waals surface area contributed by atoms with Gasteiger partial charge in [-0.3, -0.25) is 4.99 Å². The first-order valence-electron chi connectivity index (χ1n) is 12.0. The number of carbonyl (C=O) groups is 1. The Morgan fingerprint density at radius 1 is 1.03 bits per heavy atom. The van der Waals surface area contributed by atoms with E-state index < -0.39 is 47.5 Å². The molecular weight excluding hydrogens is 542 g/mol. The summed E-state index contributed by atoms with van der Waals surface area (Å²) >= 11 is 12.2. The number of aliphatic hydroxyl groups is 1. The molecule has 0 bridgehead atoms. The Balaban J connectivity index is 2.16. The molecule has 0 spiro atoms. The summed E-state index contributed by atoms with van der Waals surface area (Å²) in [6.45, 7) is 11.8. The summed E-state index contributed by atoms with van der Waals surface area (Å²) in [5, 5.41) is 11.0. The average molecular weight is 574 g/mol. The van der Waals surface area contributed by atoms with Crippen molar-refractivity contribution in [3.63, 3.8) is 0 Å². The van der Waals surface area contributed by atoms with E-state index in [1.807, 2.05) is 0 Å². The molecule has 0 radical (unpaired) electrons. The second-order valence-electron chi connectivity index (χ2n) is 11.5. The Hall–Kier alpha value is -2.13. The van der Waals surface area contributed by atoms with E-state index in [2.05, 4.69) is 4.99 Å². The molecule has 1 aliphatic rings.